The van der Waals surface area contributed by atoms with Gasteiger partial charge in [-0.15, -0.1) is 11.3 Å². The summed E-state index contributed by atoms with van der Waals surface area (Å²) >= 11 is 1.39. The predicted molar refractivity (Wildman–Crippen MR) is 83.0 cm³/mol. The van der Waals surface area contributed by atoms with Crippen molar-refractivity contribution in [3.05, 3.63) is 28.6 Å². The Morgan fingerprint density at radius 1 is 1.33 bits per heavy atom. The van der Waals surface area contributed by atoms with E-state index in [1.54, 1.807) is 19.1 Å². The van der Waals surface area contributed by atoms with Gasteiger partial charge in [-0.25, -0.2) is 0 Å². The van der Waals surface area contributed by atoms with Gasteiger partial charge < -0.3 is 9.84 Å². The van der Waals surface area contributed by atoms with Crippen LogP contribution in [-0.2, 0) is 16.0 Å². The zero-order chi connectivity index (χ0) is 15.6. The van der Waals surface area contributed by atoms with E-state index in [2.05, 4.69) is 4.74 Å². The van der Waals surface area contributed by atoms with Gasteiger partial charge in [-0.1, -0.05) is 13.8 Å². The highest BCUT2D eigenvalue weighted by atomic mass is 32.1. The molecule has 0 saturated heterocycles. The third-order valence-corrected chi connectivity index (χ3v) is 4.61. The van der Waals surface area contributed by atoms with Gasteiger partial charge in [0, 0.05) is 11.1 Å². The zero-order valence-electron chi connectivity index (χ0n) is 12.3. The van der Waals surface area contributed by atoms with Crippen molar-refractivity contribution in [2.45, 2.75) is 26.7 Å². The SMILES string of the molecule is CCc1cc2sc(C(=O)C[C@H](C)C(=O)OC)cc2cc1O. The van der Waals surface area contributed by atoms with Crippen molar-refractivity contribution >= 4 is 33.2 Å². The van der Waals surface area contributed by atoms with E-state index >= 15 is 0 Å². The van der Waals surface area contributed by atoms with Gasteiger partial charge in [0.05, 0.1) is 17.9 Å². The fraction of sp³-hybridized carbons (Fsp3) is 0.375. The maximum Gasteiger partial charge on any atom is 0.308 e. The van der Waals surface area contributed by atoms with Crippen molar-refractivity contribution in [3.8, 4) is 5.75 Å². The molecule has 1 aromatic carbocycles. The van der Waals surface area contributed by atoms with Crippen LogP contribution in [0.5, 0.6) is 5.75 Å². The largest absolute Gasteiger partial charge is 0.508 e. The maximum absolute atomic E-state index is 12.2. The Morgan fingerprint density at radius 3 is 2.67 bits per heavy atom. The second-order valence-corrected chi connectivity index (χ2v) is 6.12. The molecule has 112 valence electrons. The fourth-order valence-electron chi connectivity index (χ4n) is 2.20. The molecule has 5 heteroatoms. The van der Waals surface area contributed by atoms with Crippen LogP contribution in [0.15, 0.2) is 18.2 Å². The number of aromatic hydroxyl groups is 1. The van der Waals surface area contributed by atoms with Crippen LogP contribution in [0.4, 0.5) is 0 Å². The number of phenols is 1. The first-order chi connectivity index (χ1) is 9.96. The van der Waals surface area contributed by atoms with E-state index < -0.39 is 5.92 Å². The third kappa shape index (κ3) is 3.24. The van der Waals surface area contributed by atoms with E-state index in [0.29, 0.717) is 4.88 Å². The number of carbonyl (C=O) groups excluding carboxylic acids is 2. The average molecular weight is 306 g/mol. The minimum absolute atomic E-state index is 0.0772. The van der Waals surface area contributed by atoms with E-state index in [4.69, 9.17) is 0 Å². The normalized spacial score (nSPS) is 12.3. The van der Waals surface area contributed by atoms with Crippen molar-refractivity contribution in [1.82, 2.24) is 0 Å². The third-order valence-electron chi connectivity index (χ3n) is 3.47. The molecule has 0 radical (unpaired) electrons. The van der Waals surface area contributed by atoms with Crippen LogP contribution in [0, 0.1) is 5.92 Å². The Hall–Kier alpha value is -1.88. The molecule has 0 aliphatic heterocycles. The molecule has 2 aromatic rings. The van der Waals surface area contributed by atoms with E-state index in [1.807, 2.05) is 13.0 Å². The van der Waals surface area contributed by atoms with Crippen molar-refractivity contribution < 1.29 is 19.4 Å². The van der Waals surface area contributed by atoms with Gasteiger partial charge in [-0.3, -0.25) is 9.59 Å². The van der Waals surface area contributed by atoms with Crippen molar-refractivity contribution in [2.24, 2.45) is 5.92 Å². The smallest absolute Gasteiger partial charge is 0.308 e. The topological polar surface area (TPSA) is 63.6 Å². The first-order valence-electron chi connectivity index (χ1n) is 6.82. The standard InChI is InChI=1S/C16H18O4S/c1-4-10-7-14-11(6-12(10)17)8-15(21-14)13(18)5-9(2)16(19)20-3/h6-9,17H,4-5H2,1-3H3/t9-/m0/s1. The van der Waals surface area contributed by atoms with E-state index in [0.717, 1.165) is 22.1 Å². The lowest BCUT2D eigenvalue weighted by atomic mass is 10.0. The first kappa shape index (κ1) is 15.5. The summed E-state index contributed by atoms with van der Waals surface area (Å²) in [4.78, 5) is 24.2. The quantitative estimate of drug-likeness (QED) is 0.678. The Morgan fingerprint density at radius 2 is 2.05 bits per heavy atom. The number of esters is 1. The second kappa shape index (κ2) is 6.26. The number of hydrogen-bond acceptors (Lipinski definition) is 5. The summed E-state index contributed by atoms with van der Waals surface area (Å²) in [5, 5.41) is 10.7. The molecule has 0 aliphatic carbocycles. The van der Waals surface area contributed by atoms with Gasteiger partial charge in [0.1, 0.15) is 5.75 Å². The molecule has 1 N–H and O–H groups in total. The number of carbonyl (C=O) groups is 2. The summed E-state index contributed by atoms with van der Waals surface area (Å²) in [5.41, 5.74) is 0.867. The number of aryl methyl sites for hydroxylation is 1. The summed E-state index contributed by atoms with van der Waals surface area (Å²) in [6.07, 6.45) is 0.869. The van der Waals surface area contributed by atoms with Crippen LogP contribution in [-0.4, -0.2) is 24.0 Å². The Balaban J connectivity index is 2.26. The lowest BCUT2D eigenvalue weighted by Crippen LogP contribution is -2.16. The van der Waals surface area contributed by atoms with E-state index in [1.165, 1.54) is 18.4 Å². The second-order valence-electron chi connectivity index (χ2n) is 5.03. The van der Waals surface area contributed by atoms with Crippen molar-refractivity contribution in [2.75, 3.05) is 7.11 Å². The number of benzene rings is 1. The van der Waals surface area contributed by atoms with Crippen LogP contribution in [0.1, 0.15) is 35.5 Å². The number of ketones is 1. The maximum atomic E-state index is 12.2. The van der Waals surface area contributed by atoms with Crippen LogP contribution in [0.25, 0.3) is 10.1 Å². The molecule has 4 nitrogen and oxygen atoms in total. The molecular formula is C16H18O4S. The van der Waals surface area contributed by atoms with Crippen molar-refractivity contribution in [3.63, 3.8) is 0 Å². The molecule has 2 rings (SSSR count). The molecule has 0 unspecified atom stereocenters. The Labute approximate surface area is 127 Å². The summed E-state index contributed by atoms with van der Waals surface area (Å²) in [6, 6.07) is 5.37. The monoisotopic (exact) mass is 306 g/mol. The van der Waals surface area contributed by atoms with Gasteiger partial charge in [-0.05, 0) is 35.6 Å². The van der Waals surface area contributed by atoms with Crippen LogP contribution < -0.4 is 0 Å². The van der Waals surface area contributed by atoms with Gasteiger partial charge in [-0.2, -0.15) is 0 Å². The molecule has 0 saturated carbocycles. The summed E-state index contributed by atoms with van der Waals surface area (Å²) in [5.74, 6) is -0.654. The molecule has 0 aliphatic rings. The molecule has 1 atom stereocenters. The number of rotatable bonds is 5. The molecule has 1 heterocycles. The summed E-state index contributed by atoms with van der Waals surface area (Å²) < 4.78 is 5.60. The first-order valence-corrected chi connectivity index (χ1v) is 7.64. The van der Waals surface area contributed by atoms with Crippen LogP contribution in [0.2, 0.25) is 0 Å². The Kier molecular flexibility index (Phi) is 4.63. The van der Waals surface area contributed by atoms with Gasteiger partial charge >= 0.3 is 5.97 Å². The highest BCUT2D eigenvalue weighted by Crippen LogP contribution is 2.32. The number of fused-ring (bicyclic) bond motifs is 1. The average Bonchev–Trinajstić information content (AvgIpc) is 2.87. The minimum Gasteiger partial charge on any atom is -0.508 e. The zero-order valence-corrected chi connectivity index (χ0v) is 13.1. The molecule has 0 amide bonds. The summed E-state index contributed by atoms with van der Waals surface area (Å²) in [6.45, 7) is 3.65. The van der Waals surface area contributed by atoms with Crippen molar-refractivity contribution in [1.29, 1.82) is 0 Å². The number of Topliss-reactive ketones (excluding diaryl/α,β-unsaturated/α-hetero) is 1. The van der Waals surface area contributed by atoms with Gasteiger partial charge in [0.2, 0.25) is 0 Å². The fourth-order valence-corrected chi connectivity index (χ4v) is 3.26. The number of methoxy groups -OCH3 is 1. The molecule has 21 heavy (non-hydrogen) atoms. The lowest BCUT2D eigenvalue weighted by molar-refractivity contribution is -0.144. The molecule has 0 bridgehead atoms. The minimum atomic E-state index is -0.452. The van der Waals surface area contributed by atoms with E-state index in [-0.39, 0.29) is 23.9 Å². The highest BCUT2D eigenvalue weighted by molar-refractivity contribution is 7.20. The number of thiophene rings is 1. The van der Waals surface area contributed by atoms with Gasteiger partial charge in [0.15, 0.2) is 5.78 Å². The van der Waals surface area contributed by atoms with Crippen LogP contribution in [0.3, 0.4) is 0 Å². The van der Waals surface area contributed by atoms with Crippen LogP contribution >= 0.6 is 11.3 Å². The van der Waals surface area contributed by atoms with Gasteiger partial charge in [0.25, 0.3) is 0 Å². The number of phenolic OH excluding ortho intramolecular Hbond substituents is 1. The molecule has 0 spiro atoms. The molecule has 0 fully saturated rings. The predicted octanol–water partition coefficient (Wildman–Crippen LogP) is 3.55. The Bertz CT molecular complexity index is 687. The lowest BCUT2D eigenvalue weighted by Gasteiger charge is -2.06. The number of ether oxygens (including phenoxy) is 1. The van der Waals surface area contributed by atoms with E-state index in [9.17, 15) is 14.7 Å². The number of hydrogen-bond donors (Lipinski definition) is 1. The summed E-state index contributed by atoms with van der Waals surface area (Å²) in [7, 11) is 1.32. The molecule has 1 aromatic heterocycles. The molecular weight excluding hydrogens is 288 g/mol. The highest BCUT2D eigenvalue weighted by Gasteiger charge is 2.20.